The van der Waals surface area contributed by atoms with Gasteiger partial charge < -0.3 is 19.9 Å². The highest BCUT2D eigenvalue weighted by atomic mass is 35.5. The summed E-state index contributed by atoms with van der Waals surface area (Å²) in [6, 6.07) is 13.0. The molecule has 0 atom stereocenters. The summed E-state index contributed by atoms with van der Waals surface area (Å²) in [6.45, 7) is 5.26. The van der Waals surface area contributed by atoms with Gasteiger partial charge in [0.05, 0.1) is 18.8 Å². The van der Waals surface area contributed by atoms with Crippen LogP contribution in [0, 0.1) is 0 Å². The molecule has 168 valence electrons. The number of anilines is 2. The number of nitrogens with zero attached hydrogens (tertiary/aromatic N) is 2. The third-order valence-corrected chi connectivity index (χ3v) is 5.89. The molecule has 1 fully saturated rings. The van der Waals surface area contributed by atoms with Gasteiger partial charge in [-0.15, -0.1) is 0 Å². The van der Waals surface area contributed by atoms with Crippen LogP contribution in [0.5, 0.6) is 0 Å². The predicted octanol–water partition coefficient (Wildman–Crippen LogP) is 4.41. The number of esters is 1. The first-order valence-corrected chi connectivity index (χ1v) is 11.2. The van der Waals surface area contributed by atoms with Crippen molar-refractivity contribution >= 4 is 57.4 Å². The molecule has 1 aromatic heterocycles. The highest BCUT2D eigenvalue weighted by Crippen LogP contribution is 2.31. The lowest BCUT2D eigenvalue weighted by molar-refractivity contribution is -0.117. The van der Waals surface area contributed by atoms with E-state index in [1.54, 1.807) is 25.1 Å². The van der Waals surface area contributed by atoms with Crippen LogP contribution in [-0.2, 0) is 9.53 Å². The van der Waals surface area contributed by atoms with Gasteiger partial charge in [0.25, 0.3) is 0 Å². The molecule has 1 saturated heterocycles. The molecule has 2 heterocycles. The van der Waals surface area contributed by atoms with Crippen molar-refractivity contribution in [3.05, 3.63) is 58.2 Å². The van der Waals surface area contributed by atoms with Crippen LogP contribution in [0.2, 0.25) is 10.0 Å². The number of carbonyl (C=O) groups excluding carboxylic acids is 2. The first kappa shape index (κ1) is 22.5. The fourth-order valence-corrected chi connectivity index (χ4v) is 4.23. The molecule has 4 rings (SSSR count). The number of hydrogen-bond acceptors (Lipinski definition) is 5. The minimum atomic E-state index is -0.523. The summed E-state index contributed by atoms with van der Waals surface area (Å²) in [7, 11) is 0. The summed E-state index contributed by atoms with van der Waals surface area (Å²) >= 11 is 12.2. The van der Waals surface area contributed by atoms with E-state index in [1.165, 1.54) is 0 Å². The SMILES string of the molecule is CCOC(=O)c1[nH]c2ccc(Cl)cc2c1NC(=O)CN1CCN(c2cccc(Cl)c2)CC1. The highest BCUT2D eigenvalue weighted by molar-refractivity contribution is 6.31. The first-order chi connectivity index (χ1) is 15.4. The molecule has 1 aliphatic rings. The van der Waals surface area contributed by atoms with Crippen LogP contribution in [0.4, 0.5) is 11.4 Å². The minimum absolute atomic E-state index is 0.201. The van der Waals surface area contributed by atoms with Gasteiger partial charge in [-0.25, -0.2) is 4.79 Å². The predicted molar refractivity (Wildman–Crippen MR) is 128 cm³/mol. The van der Waals surface area contributed by atoms with Gasteiger partial charge in [-0.05, 0) is 43.3 Å². The van der Waals surface area contributed by atoms with Crippen LogP contribution in [0.1, 0.15) is 17.4 Å². The molecule has 0 aliphatic carbocycles. The number of rotatable bonds is 6. The number of carbonyl (C=O) groups is 2. The van der Waals surface area contributed by atoms with E-state index in [0.717, 1.165) is 31.9 Å². The van der Waals surface area contributed by atoms with Gasteiger partial charge in [0.1, 0.15) is 5.69 Å². The summed E-state index contributed by atoms with van der Waals surface area (Å²) in [5.74, 6) is -0.724. The Labute approximate surface area is 196 Å². The van der Waals surface area contributed by atoms with Gasteiger partial charge in [0, 0.05) is 52.8 Å². The van der Waals surface area contributed by atoms with Crippen LogP contribution in [0.25, 0.3) is 10.9 Å². The van der Waals surface area contributed by atoms with Crippen molar-refractivity contribution in [3.8, 4) is 0 Å². The summed E-state index contributed by atoms with van der Waals surface area (Å²) in [5, 5.41) is 4.78. The molecule has 1 aliphatic heterocycles. The minimum Gasteiger partial charge on any atom is -0.461 e. The lowest BCUT2D eigenvalue weighted by Gasteiger charge is -2.35. The van der Waals surface area contributed by atoms with Crippen LogP contribution in [-0.4, -0.2) is 61.1 Å². The smallest absolute Gasteiger partial charge is 0.356 e. The Morgan fingerprint density at radius 3 is 2.53 bits per heavy atom. The summed E-state index contributed by atoms with van der Waals surface area (Å²) < 4.78 is 5.14. The summed E-state index contributed by atoms with van der Waals surface area (Å²) in [6.07, 6.45) is 0. The van der Waals surface area contributed by atoms with Crippen molar-refractivity contribution in [1.29, 1.82) is 0 Å². The summed E-state index contributed by atoms with van der Waals surface area (Å²) in [5.41, 5.74) is 2.38. The average Bonchev–Trinajstić information content (AvgIpc) is 3.12. The standard InChI is InChI=1S/C23H24Cl2N4O3/c1-2-32-23(31)22-21(18-13-16(25)6-7-19(18)26-22)27-20(30)14-28-8-10-29(11-9-28)17-5-3-4-15(24)12-17/h3-7,12-13,26H,2,8-11,14H2,1H3,(H,27,30). The molecule has 0 radical (unpaired) electrons. The Bertz CT molecular complexity index is 1140. The van der Waals surface area contributed by atoms with Crippen molar-refractivity contribution < 1.29 is 14.3 Å². The lowest BCUT2D eigenvalue weighted by atomic mass is 10.2. The number of ether oxygens (including phenoxy) is 1. The van der Waals surface area contributed by atoms with Crippen LogP contribution >= 0.6 is 23.2 Å². The van der Waals surface area contributed by atoms with E-state index in [1.807, 2.05) is 24.3 Å². The number of H-pyrrole nitrogens is 1. The zero-order valence-corrected chi connectivity index (χ0v) is 19.2. The van der Waals surface area contributed by atoms with Crippen LogP contribution < -0.4 is 10.2 Å². The molecule has 3 aromatic rings. The Kier molecular flexibility index (Phi) is 6.89. The second-order valence-corrected chi connectivity index (χ2v) is 8.45. The highest BCUT2D eigenvalue weighted by Gasteiger charge is 2.23. The van der Waals surface area contributed by atoms with Crippen molar-refractivity contribution in [2.24, 2.45) is 0 Å². The Hall–Kier alpha value is -2.74. The second-order valence-electron chi connectivity index (χ2n) is 7.58. The molecule has 0 unspecified atom stereocenters. The topological polar surface area (TPSA) is 77.7 Å². The third-order valence-electron chi connectivity index (χ3n) is 5.42. The Morgan fingerprint density at radius 2 is 1.81 bits per heavy atom. The summed E-state index contributed by atoms with van der Waals surface area (Å²) in [4.78, 5) is 32.6. The third kappa shape index (κ3) is 5.01. The maximum atomic E-state index is 12.9. The zero-order chi connectivity index (χ0) is 22.7. The molecule has 0 bridgehead atoms. The van der Waals surface area contributed by atoms with Crippen LogP contribution in [0.15, 0.2) is 42.5 Å². The van der Waals surface area contributed by atoms with E-state index in [4.69, 9.17) is 27.9 Å². The number of nitrogens with one attached hydrogen (secondary N) is 2. The van der Waals surface area contributed by atoms with Crippen LogP contribution in [0.3, 0.4) is 0 Å². The number of amides is 1. The van der Waals surface area contributed by atoms with E-state index < -0.39 is 5.97 Å². The second kappa shape index (κ2) is 9.81. The van der Waals surface area contributed by atoms with Gasteiger partial charge in [0.15, 0.2) is 0 Å². The average molecular weight is 475 g/mol. The number of hydrogen-bond donors (Lipinski definition) is 2. The zero-order valence-electron chi connectivity index (χ0n) is 17.7. The number of aromatic nitrogens is 1. The molecular formula is C23H24Cl2N4O3. The number of piperazine rings is 1. The molecule has 0 saturated carbocycles. The van der Waals surface area contributed by atoms with E-state index in [2.05, 4.69) is 20.1 Å². The van der Waals surface area contributed by atoms with E-state index >= 15 is 0 Å². The number of aromatic amines is 1. The van der Waals surface area contributed by atoms with Crippen molar-refractivity contribution in [2.45, 2.75) is 6.92 Å². The molecule has 32 heavy (non-hydrogen) atoms. The Balaban J connectivity index is 1.43. The maximum absolute atomic E-state index is 12.9. The molecule has 2 N–H and O–H groups in total. The number of benzene rings is 2. The molecular weight excluding hydrogens is 451 g/mol. The quantitative estimate of drug-likeness (QED) is 0.517. The van der Waals surface area contributed by atoms with Gasteiger partial charge in [-0.3, -0.25) is 9.69 Å². The van der Waals surface area contributed by atoms with Crippen molar-refractivity contribution in [3.63, 3.8) is 0 Å². The molecule has 0 spiro atoms. The first-order valence-electron chi connectivity index (χ1n) is 10.5. The lowest BCUT2D eigenvalue weighted by Crippen LogP contribution is -2.48. The fourth-order valence-electron chi connectivity index (χ4n) is 3.87. The molecule has 7 nitrogen and oxygen atoms in total. The monoisotopic (exact) mass is 474 g/mol. The van der Waals surface area contributed by atoms with Gasteiger partial charge in [-0.2, -0.15) is 0 Å². The van der Waals surface area contributed by atoms with Crippen molar-refractivity contribution in [1.82, 2.24) is 9.88 Å². The largest absolute Gasteiger partial charge is 0.461 e. The van der Waals surface area contributed by atoms with Gasteiger partial charge in [-0.1, -0.05) is 29.3 Å². The van der Waals surface area contributed by atoms with E-state index in [-0.39, 0.29) is 24.8 Å². The molecule has 2 aromatic carbocycles. The van der Waals surface area contributed by atoms with Crippen molar-refractivity contribution in [2.75, 3.05) is 49.5 Å². The normalized spacial score (nSPS) is 14.5. The Morgan fingerprint density at radius 1 is 1.06 bits per heavy atom. The number of fused-ring (bicyclic) bond motifs is 1. The molecule has 1 amide bonds. The maximum Gasteiger partial charge on any atom is 0.356 e. The fraction of sp³-hybridized carbons (Fsp3) is 0.304. The van der Waals surface area contributed by atoms with E-state index in [0.29, 0.717) is 26.6 Å². The number of halogens is 2. The molecule has 9 heteroatoms. The van der Waals surface area contributed by atoms with E-state index in [9.17, 15) is 9.59 Å². The van der Waals surface area contributed by atoms with Gasteiger partial charge >= 0.3 is 5.97 Å². The van der Waals surface area contributed by atoms with Gasteiger partial charge in [0.2, 0.25) is 5.91 Å².